The molecular formula is C18H21NO2S. The summed E-state index contributed by atoms with van der Waals surface area (Å²) in [5.41, 5.74) is 3.24. The maximum Gasteiger partial charge on any atom is 0.234 e. The van der Waals surface area contributed by atoms with Gasteiger partial charge in [-0.25, -0.2) is 0 Å². The molecule has 0 aliphatic carbocycles. The van der Waals surface area contributed by atoms with Crippen molar-refractivity contribution in [1.82, 2.24) is 0 Å². The van der Waals surface area contributed by atoms with Crippen molar-refractivity contribution in [2.45, 2.75) is 13.8 Å². The highest BCUT2D eigenvalue weighted by molar-refractivity contribution is 7.99. The Labute approximate surface area is 136 Å². The zero-order chi connectivity index (χ0) is 15.8. The van der Waals surface area contributed by atoms with Crippen LogP contribution in [0.15, 0.2) is 48.5 Å². The van der Waals surface area contributed by atoms with Crippen molar-refractivity contribution in [2.24, 2.45) is 0 Å². The summed E-state index contributed by atoms with van der Waals surface area (Å²) in [6.45, 7) is 4.67. The van der Waals surface area contributed by atoms with Crippen molar-refractivity contribution in [1.29, 1.82) is 0 Å². The molecule has 0 heterocycles. The molecule has 0 unspecified atom stereocenters. The van der Waals surface area contributed by atoms with Crippen molar-refractivity contribution in [3.63, 3.8) is 0 Å². The van der Waals surface area contributed by atoms with Crippen LogP contribution in [-0.4, -0.2) is 24.0 Å². The lowest BCUT2D eigenvalue weighted by Gasteiger charge is -2.07. The maximum absolute atomic E-state index is 11.8. The number of nitrogens with one attached hydrogen (secondary N) is 1. The number of thioether (sulfide) groups is 1. The molecule has 3 nitrogen and oxygen atoms in total. The van der Waals surface area contributed by atoms with E-state index in [1.54, 1.807) is 11.8 Å². The smallest absolute Gasteiger partial charge is 0.234 e. The lowest BCUT2D eigenvalue weighted by Crippen LogP contribution is -2.15. The van der Waals surface area contributed by atoms with Crippen molar-refractivity contribution >= 4 is 23.4 Å². The molecular weight excluding hydrogens is 294 g/mol. The first kappa shape index (κ1) is 16.4. The van der Waals surface area contributed by atoms with Gasteiger partial charge in [-0.3, -0.25) is 4.79 Å². The first-order valence-corrected chi connectivity index (χ1v) is 8.43. The van der Waals surface area contributed by atoms with E-state index in [-0.39, 0.29) is 5.91 Å². The van der Waals surface area contributed by atoms with Crippen molar-refractivity contribution in [3.8, 4) is 5.75 Å². The molecule has 0 atom stereocenters. The number of hydrogen-bond donors (Lipinski definition) is 1. The van der Waals surface area contributed by atoms with Gasteiger partial charge in [-0.2, -0.15) is 0 Å². The van der Waals surface area contributed by atoms with E-state index in [0.29, 0.717) is 12.4 Å². The van der Waals surface area contributed by atoms with E-state index in [2.05, 4.69) is 5.32 Å². The molecule has 116 valence electrons. The minimum Gasteiger partial charge on any atom is -0.493 e. The minimum atomic E-state index is 0.0178. The first-order chi connectivity index (χ1) is 10.6. The quantitative estimate of drug-likeness (QED) is 0.783. The van der Waals surface area contributed by atoms with Crippen LogP contribution in [0.1, 0.15) is 11.1 Å². The monoisotopic (exact) mass is 315 g/mol. The van der Waals surface area contributed by atoms with Crippen LogP contribution in [0.25, 0.3) is 0 Å². The Morgan fingerprint density at radius 2 is 1.59 bits per heavy atom. The number of benzene rings is 2. The van der Waals surface area contributed by atoms with E-state index in [0.717, 1.165) is 17.2 Å². The highest BCUT2D eigenvalue weighted by Crippen LogP contribution is 2.13. The number of carbonyl (C=O) groups excluding carboxylic acids is 1. The van der Waals surface area contributed by atoms with Gasteiger partial charge in [-0.15, -0.1) is 11.8 Å². The van der Waals surface area contributed by atoms with Crippen LogP contribution in [0.2, 0.25) is 0 Å². The van der Waals surface area contributed by atoms with Crippen LogP contribution in [0.4, 0.5) is 5.69 Å². The molecule has 0 spiro atoms. The highest BCUT2D eigenvalue weighted by Gasteiger charge is 2.02. The standard InChI is InChI=1S/C18H21NO2S/c1-14-3-7-16(8-4-14)19-18(20)13-22-12-11-21-17-9-5-15(2)6-10-17/h3-10H,11-13H2,1-2H3,(H,19,20). The third-order valence-corrected chi connectivity index (χ3v) is 4.01. The topological polar surface area (TPSA) is 38.3 Å². The van der Waals surface area contributed by atoms with E-state index >= 15 is 0 Å². The summed E-state index contributed by atoms with van der Waals surface area (Å²) in [6, 6.07) is 15.8. The zero-order valence-electron chi connectivity index (χ0n) is 13.0. The van der Waals surface area contributed by atoms with Gasteiger partial charge in [0.1, 0.15) is 5.75 Å². The van der Waals surface area contributed by atoms with Gasteiger partial charge in [0, 0.05) is 11.4 Å². The molecule has 0 bridgehead atoms. The van der Waals surface area contributed by atoms with Gasteiger partial charge in [0.25, 0.3) is 0 Å². The molecule has 0 aliphatic rings. The second-order valence-corrected chi connectivity index (χ2v) is 6.23. The molecule has 1 amide bonds. The van der Waals surface area contributed by atoms with Crippen LogP contribution in [0.3, 0.4) is 0 Å². The molecule has 0 aliphatic heterocycles. The SMILES string of the molecule is Cc1ccc(NC(=O)CSCCOc2ccc(C)cc2)cc1. The molecule has 2 rings (SSSR count). The average molecular weight is 315 g/mol. The molecule has 0 aromatic heterocycles. The molecule has 2 aromatic rings. The number of rotatable bonds is 7. The Balaban J connectivity index is 1.61. The Hall–Kier alpha value is -1.94. The number of amides is 1. The van der Waals surface area contributed by atoms with Gasteiger partial charge in [-0.05, 0) is 38.1 Å². The summed E-state index contributed by atoms with van der Waals surface area (Å²) in [4.78, 5) is 11.8. The first-order valence-electron chi connectivity index (χ1n) is 7.27. The highest BCUT2D eigenvalue weighted by atomic mass is 32.2. The number of carbonyl (C=O) groups is 1. The molecule has 4 heteroatoms. The molecule has 22 heavy (non-hydrogen) atoms. The van der Waals surface area contributed by atoms with Gasteiger partial charge in [-0.1, -0.05) is 35.4 Å². The summed E-state index contributed by atoms with van der Waals surface area (Å²) >= 11 is 1.57. The molecule has 2 aromatic carbocycles. The van der Waals surface area contributed by atoms with Crippen LogP contribution >= 0.6 is 11.8 Å². The average Bonchev–Trinajstić information content (AvgIpc) is 2.51. The Morgan fingerprint density at radius 3 is 2.23 bits per heavy atom. The molecule has 0 fully saturated rings. The summed E-state index contributed by atoms with van der Waals surface area (Å²) in [7, 11) is 0. The second kappa shape index (κ2) is 8.49. The normalized spacial score (nSPS) is 10.3. The summed E-state index contributed by atoms with van der Waals surface area (Å²) in [6.07, 6.45) is 0. The molecule has 0 saturated carbocycles. The zero-order valence-corrected chi connectivity index (χ0v) is 13.8. The van der Waals surface area contributed by atoms with E-state index in [4.69, 9.17) is 4.74 Å². The fraction of sp³-hybridized carbons (Fsp3) is 0.278. The lowest BCUT2D eigenvalue weighted by molar-refractivity contribution is -0.113. The van der Waals surface area contributed by atoms with E-state index in [1.165, 1.54) is 11.1 Å². The predicted octanol–water partition coefficient (Wildman–Crippen LogP) is 4.05. The Bertz CT molecular complexity index is 593. The second-order valence-electron chi connectivity index (χ2n) is 5.13. The Morgan fingerprint density at radius 1 is 1.00 bits per heavy atom. The third kappa shape index (κ3) is 5.82. The minimum absolute atomic E-state index is 0.0178. The largest absolute Gasteiger partial charge is 0.493 e. The van der Waals surface area contributed by atoms with Gasteiger partial charge >= 0.3 is 0 Å². The van der Waals surface area contributed by atoms with E-state index in [9.17, 15) is 4.79 Å². The van der Waals surface area contributed by atoms with Crippen LogP contribution in [0, 0.1) is 13.8 Å². The van der Waals surface area contributed by atoms with Gasteiger partial charge in [0.05, 0.1) is 12.4 Å². The van der Waals surface area contributed by atoms with Crippen molar-refractivity contribution < 1.29 is 9.53 Å². The number of anilines is 1. The van der Waals surface area contributed by atoms with Crippen molar-refractivity contribution in [3.05, 3.63) is 59.7 Å². The maximum atomic E-state index is 11.8. The van der Waals surface area contributed by atoms with Gasteiger partial charge in [0.15, 0.2) is 0 Å². The van der Waals surface area contributed by atoms with Crippen molar-refractivity contribution in [2.75, 3.05) is 23.4 Å². The van der Waals surface area contributed by atoms with E-state index < -0.39 is 0 Å². The fourth-order valence-corrected chi connectivity index (χ4v) is 2.45. The van der Waals surface area contributed by atoms with Crippen LogP contribution < -0.4 is 10.1 Å². The number of aryl methyl sites for hydroxylation is 2. The van der Waals surface area contributed by atoms with E-state index in [1.807, 2.05) is 62.4 Å². The van der Waals surface area contributed by atoms with Gasteiger partial charge < -0.3 is 10.1 Å². The number of hydrogen-bond acceptors (Lipinski definition) is 3. The summed E-state index contributed by atoms with van der Waals surface area (Å²) in [5.74, 6) is 2.11. The third-order valence-electron chi connectivity index (χ3n) is 3.09. The summed E-state index contributed by atoms with van der Waals surface area (Å²) in [5, 5.41) is 2.88. The van der Waals surface area contributed by atoms with Crippen LogP contribution in [-0.2, 0) is 4.79 Å². The lowest BCUT2D eigenvalue weighted by atomic mass is 10.2. The molecule has 1 N–H and O–H groups in total. The predicted molar refractivity (Wildman–Crippen MR) is 93.8 cm³/mol. The molecule has 0 saturated heterocycles. The van der Waals surface area contributed by atoms with Gasteiger partial charge in [0.2, 0.25) is 5.91 Å². The molecule has 0 radical (unpaired) electrons. The van der Waals surface area contributed by atoms with Crippen LogP contribution in [0.5, 0.6) is 5.75 Å². The fourth-order valence-electron chi connectivity index (χ4n) is 1.85. The number of ether oxygens (including phenoxy) is 1. The summed E-state index contributed by atoms with van der Waals surface area (Å²) < 4.78 is 5.62. The Kier molecular flexibility index (Phi) is 6.34.